The van der Waals surface area contributed by atoms with Crippen molar-refractivity contribution in [1.82, 2.24) is 4.90 Å². The first-order valence-electron chi connectivity index (χ1n) is 8.05. The Morgan fingerprint density at radius 1 is 0.962 bits per heavy atom. The molecule has 0 atom stereocenters. The van der Waals surface area contributed by atoms with Crippen LogP contribution in [0.25, 0.3) is 0 Å². The number of hydrogen-bond donors (Lipinski definition) is 0. The van der Waals surface area contributed by atoms with E-state index in [4.69, 9.17) is 9.47 Å². The van der Waals surface area contributed by atoms with Gasteiger partial charge in [-0.05, 0) is 48.9 Å². The van der Waals surface area contributed by atoms with Crippen molar-refractivity contribution in [1.29, 1.82) is 0 Å². The number of benzene rings is 2. The maximum absolute atomic E-state index is 12.6. The summed E-state index contributed by atoms with van der Waals surface area (Å²) in [6.07, 6.45) is -4.37. The number of hydrogen-bond acceptors (Lipinski definition) is 3. The van der Waals surface area contributed by atoms with Crippen molar-refractivity contribution in [2.75, 3.05) is 20.3 Å². The van der Waals surface area contributed by atoms with Gasteiger partial charge in [-0.2, -0.15) is 13.2 Å². The van der Waals surface area contributed by atoms with Crippen LogP contribution >= 0.6 is 0 Å². The molecule has 0 heterocycles. The fraction of sp³-hybridized carbons (Fsp3) is 0.316. The molecule has 0 saturated carbocycles. The van der Waals surface area contributed by atoms with Gasteiger partial charge >= 0.3 is 6.18 Å². The van der Waals surface area contributed by atoms with E-state index in [1.807, 2.05) is 6.92 Å². The minimum Gasteiger partial charge on any atom is -0.494 e. The third kappa shape index (κ3) is 5.68. The quantitative estimate of drug-likeness (QED) is 0.738. The van der Waals surface area contributed by atoms with E-state index < -0.39 is 11.7 Å². The van der Waals surface area contributed by atoms with Crippen LogP contribution in [0.2, 0.25) is 0 Å². The molecule has 1 amide bonds. The van der Waals surface area contributed by atoms with Gasteiger partial charge in [0.25, 0.3) is 5.91 Å². The molecule has 0 aliphatic heterocycles. The molecule has 0 aromatic heterocycles. The normalized spacial score (nSPS) is 11.1. The maximum Gasteiger partial charge on any atom is 0.416 e. The molecule has 0 aliphatic carbocycles. The number of alkyl halides is 3. The van der Waals surface area contributed by atoms with Gasteiger partial charge in [-0.1, -0.05) is 12.1 Å². The summed E-state index contributed by atoms with van der Waals surface area (Å²) in [7, 11) is 1.57. The Hall–Kier alpha value is -2.70. The van der Waals surface area contributed by atoms with E-state index in [0.29, 0.717) is 23.7 Å². The summed E-state index contributed by atoms with van der Waals surface area (Å²) in [6, 6.07) is 11.6. The fourth-order valence-electron chi connectivity index (χ4n) is 2.22. The summed E-state index contributed by atoms with van der Waals surface area (Å²) >= 11 is 0. The number of carbonyl (C=O) groups excluding carboxylic acids is 1. The fourth-order valence-corrected chi connectivity index (χ4v) is 2.22. The van der Waals surface area contributed by atoms with Gasteiger partial charge in [-0.15, -0.1) is 0 Å². The number of ether oxygens (including phenoxy) is 2. The van der Waals surface area contributed by atoms with Crippen LogP contribution in [0, 0.1) is 0 Å². The monoisotopic (exact) mass is 367 g/mol. The SMILES string of the molecule is CCOc1ccc(OCC(=O)N(C)Cc2ccc(C(F)(F)F)cc2)cc1. The highest BCUT2D eigenvalue weighted by molar-refractivity contribution is 5.77. The molecule has 2 aromatic rings. The van der Waals surface area contributed by atoms with Gasteiger partial charge in [0, 0.05) is 13.6 Å². The smallest absolute Gasteiger partial charge is 0.416 e. The highest BCUT2D eigenvalue weighted by Crippen LogP contribution is 2.29. The van der Waals surface area contributed by atoms with Gasteiger partial charge in [-0.3, -0.25) is 4.79 Å². The van der Waals surface area contributed by atoms with Crippen molar-refractivity contribution in [3.8, 4) is 11.5 Å². The van der Waals surface area contributed by atoms with Gasteiger partial charge in [-0.25, -0.2) is 0 Å². The van der Waals surface area contributed by atoms with Crippen LogP contribution in [-0.2, 0) is 17.5 Å². The molecule has 0 bridgehead atoms. The molecule has 0 saturated heterocycles. The molecule has 4 nitrogen and oxygen atoms in total. The van der Waals surface area contributed by atoms with E-state index in [0.717, 1.165) is 12.1 Å². The second kappa shape index (κ2) is 8.60. The Morgan fingerprint density at radius 3 is 2.00 bits per heavy atom. The molecule has 7 heteroatoms. The summed E-state index contributed by atoms with van der Waals surface area (Å²) in [5.41, 5.74) is -0.107. The van der Waals surface area contributed by atoms with E-state index in [9.17, 15) is 18.0 Å². The predicted molar refractivity (Wildman–Crippen MR) is 91.0 cm³/mol. The number of carbonyl (C=O) groups is 1. The predicted octanol–water partition coefficient (Wildman–Crippen LogP) is 4.14. The average molecular weight is 367 g/mol. The van der Waals surface area contributed by atoms with Gasteiger partial charge < -0.3 is 14.4 Å². The molecule has 0 N–H and O–H groups in total. The van der Waals surface area contributed by atoms with Crippen molar-refractivity contribution in [3.05, 3.63) is 59.7 Å². The van der Waals surface area contributed by atoms with Crippen LogP contribution in [-0.4, -0.2) is 31.1 Å². The zero-order chi connectivity index (χ0) is 19.2. The molecule has 140 valence electrons. The zero-order valence-corrected chi connectivity index (χ0v) is 14.5. The first-order chi connectivity index (χ1) is 12.3. The lowest BCUT2D eigenvalue weighted by Crippen LogP contribution is -2.30. The van der Waals surface area contributed by atoms with Crippen LogP contribution in [0.5, 0.6) is 11.5 Å². The lowest BCUT2D eigenvalue weighted by atomic mass is 10.1. The van der Waals surface area contributed by atoms with Crippen LogP contribution < -0.4 is 9.47 Å². The summed E-state index contributed by atoms with van der Waals surface area (Å²) < 4.78 is 48.4. The molecule has 2 aromatic carbocycles. The largest absolute Gasteiger partial charge is 0.494 e. The van der Waals surface area contributed by atoms with E-state index in [-0.39, 0.29) is 19.1 Å². The van der Waals surface area contributed by atoms with Crippen molar-refractivity contribution in [2.45, 2.75) is 19.6 Å². The second-order valence-electron chi connectivity index (χ2n) is 5.64. The van der Waals surface area contributed by atoms with E-state index >= 15 is 0 Å². The molecular weight excluding hydrogens is 347 g/mol. The molecular formula is C19H20F3NO3. The number of nitrogens with zero attached hydrogens (tertiary/aromatic N) is 1. The number of likely N-dealkylation sites (N-methyl/N-ethyl adjacent to an activating group) is 1. The molecule has 2 rings (SSSR count). The molecule has 0 spiro atoms. The summed E-state index contributed by atoms with van der Waals surface area (Å²) in [4.78, 5) is 13.5. The summed E-state index contributed by atoms with van der Waals surface area (Å²) in [6.45, 7) is 2.48. The molecule has 0 aliphatic rings. The highest BCUT2D eigenvalue weighted by atomic mass is 19.4. The molecule has 0 unspecified atom stereocenters. The Morgan fingerprint density at radius 2 is 1.50 bits per heavy atom. The Kier molecular flexibility index (Phi) is 6.49. The molecule has 0 fully saturated rings. The number of amides is 1. The Bertz CT molecular complexity index is 712. The van der Waals surface area contributed by atoms with Crippen molar-refractivity contribution < 1.29 is 27.4 Å². The van der Waals surface area contributed by atoms with Crippen LogP contribution in [0.4, 0.5) is 13.2 Å². The lowest BCUT2D eigenvalue weighted by molar-refractivity contribution is -0.137. The van der Waals surface area contributed by atoms with Crippen molar-refractivity contribution in [3.63, 3.8) is 0 Å². The minimum absolute atomic E-state index is 0.162. The third-order valence-corrected chi connectivity index (χ3v) is 3.62. The standard InChI is InChI=1S/C19H20F3NO3/c1-3-25-16-8-10-17(11-9-16)26-13-18(24)23(2)12-14-4-6-15(7-5-14)19(20,21)22/h4-11H,3,12-13H2,1-2H3. The zero-order valence-electron chi connectivity index (χ0n) is 14.5. The van der Waals surface area contributed by atoms with Crippen molar-refractivity contribution in [2.24, 2.45) is 0 Å². The third-order valence-electron chi connectivity index (χ3n) is 3.62. The van der Waals surface area contributed by atoms with Crippen LogP contribution in [0.15, 0.2) is 48.5 Å². The summed E-state index contributed by atoms with van der Waals surface area (Å²) in [5, 5.41) is 0. The van der Waals surface area contributed by atoms with Crippen LogP contribution in [0.1, 0.15) is 18.1 Å². The van der Waals surface area contributed by atoms with Gasteiger partial charge in [0.1, 0.15) is 11.5 Å². The summed E-state index contributed by atoms with van der Waals surface area (Å²) in [5.74, 6) is 0.967. The maximum atomic E-state index is 12.6. The first-order valence-corrected chi connectivity index (χ1v) is 8.05. The van der Waals surface area contributed by atoms with Crippen molar-refractivity contribution >= 4 is 5.91 Å². The minimum atomic E-state index is -4.37. The molecule has 26 heavy (non-hydrogen) atoms. The first kappa shape index (κ1) is 19.6. The molecule has 0 radical (unpaired) electrons. The van der Waals surface area contributed by atoms with E-state index in [1.54, 1.807) is 31.3 Å². The topological polar surface area (TPSA) is 38.8 Å². The lowest BCUT2D eigenvalue weighted by Gasteiger charge is -2.18. The number of rotatable bonds is 7. The van der Waals surface area contributed by atoms with Crippen LogP contribution in [0.3, 0.4) is 0 Å². The average Bonchev–Trinajstić information content (AvgIpc) is 2.60. The van der Waals surface area contributed by atoms with Gasteiger partial charge in [0.2, 0.25) is 0 Å². The number of halogens is 3. The van der Waals surface area contributed by atoms with Gasteiger partial charge in [0.15, 0.2) is 6.61 Å². The highest BCUT2D eigenvalue weighted by Gasteiger charge is 2.29. The Labute approximate surface area is 150 Å². The van der Waals surface area contributed by atoms with E-state index in [1.165, 1.54) is 17.0 Å². The van der Waals surface area contributed by atoms with Gasteiger partial charge in [0.05, 0.1) is 12.2 Å². The second-order valence-corrected chi connectivity index (χ2v) is 5.64. The Balaban J connectivity index is 1.85. The van der Waals surface area contributed by atoms with E-state index in [2.05, 4.69) is 0 Å².